The van der Waals surface area contributed by atoms with Gasteiger partial charge in [-0.05, 0) is 37.0 Å². The van der Waals surface area contributed by atoms with Crippen LogP contribution < -0.4 is 16.2 Å². The zero-order valence-electron chi connectivity index (χ0n) is 16.3. The highest BCUT2D eigenvalue weighted by atomic mass is 35.5. The maximum Gasteiger partial charge on any atom is 0.321 e. The lowest BCUT2D eigenvalue weighted by atomic mass is 10.1. The molecule has 0 aliphatic carbocycles. The molecule has 0 saturated carbocycles. The Morgan fingerprint density at radius 3 is 2.75 bits per heavy atom. The van der Waals surface area contributed by atoms with E-state index in [0.717, 1.165) is 24.6 Å². The van der Waals surface area contributed by atoms with E-state index in [9.17, 15) is 14.4 Å². The second-order valence-corrected chi connectivity index (χ2v) is 8.17. The van der Waals surface area contributed by atoms with E-state index in [0.29, 0.717) is 40.1 Å². The summed E-state index contributed by atoms with van der Waals surface area (Å²) >= 11 is 7.12. The maximum atomic E-state index is 12.7. The van der Waals surface area contributed by atoms with Crippen LogP contribution in [0, 0.1) is 5.92 Å². The van der Waals surface area contributed by atoms with Gasteiger partial charge in [-0.2, -0.15) is 0 Å². The molecule has 1 aromatic carbocycles. The van der Waals surface area contributed by atoms with Crippen LogP contribution in [0.15, 0.2) is 28.2 Å². The molecule has 0 bridgehead atoms. The Morgan fingerprint density at radius 2 is 2.07 bits per heavy atom. The van der Waals surface area contributed by atoms with Crippen LogP contribution in [0.25, 0.3) is 10.9 Å². The standard InChI is InChI=1S/C19H25ClN4O3S/c1-4-9-24-17(26)14-6-5-13(20)10-15(14)22-19(24)28-11-16(25)23-18(27)21-8-7-12(2)3/h5-6,10,12H,4,7-9,11H2,1-3H3,(H2,21,23,25,27). The fraction of sp³-hybridized carbons (Fsp3) is 0.474. The molecular weight excluding hydrogens is 400 g/mol. The second kappa shape index (κ2) is 10.5. The Hall–Kier alpha value is -2.06. The van der Waals surface area contributed by atoms with Crippen molar-refractivity contribution in [3.05, 3.63) is 33.6 Å². The maximum absolute atomic E-state index is 12.7. The molecule has 2 aromatic rings. The molecule has 3 amide bonds. The summed E-state index contributed by atoms with van der Waals surface area (Å²) in [6.07, 6.45) is 1.59. The molecule has 0 atom stereocenters. The fourth-order valence-electron chi connectivity index (χ4n) is 2.52. The Bertz CT molecular complexity index is 914. The number of hydrogen-bond acceptors (Lipinski definition) is 5. The second-order valence-electron chi connectivity index (χ2n) is 6.79. The van der Waals surface area contributed by atoms with Crippen LogP contribution in [0.4, 0.5) is 4.79 Å². The summed E-state index contributed by atoms with van der Waals surface area (Å²) in [6, 6.07) is 4.42. The van der Waals surface area contributed by atoms with Crippen molar-refractivity contribution in [3.8, 4) is 0 Å². The van der Waals surface area contributed by atoms with E-state index in [-0.39, 0.29) is 11.3 Å². The average molecular weight is 425 g/mol. The number of amides is 3. The number of aromatic nitrogens is 2. The predicted octanol–water partition coefficient (Wildman–Crippen LogP) is 3.42. The van der Waals surface area contributed by atoms with Gasteiger partial charge in [0.2, 0.25) is 5.91 Å². The first-order valence-electron chi connectivity index (χ1n) is 9.22. The lowest BCUT2D eigenvalue weighted by Crippen LogP contribution is -2.41. The summed E-state index contributed by atoms with van der Waals surface area (Å²) in [5, 5.41) is 6.33. The number of carbonyl (C=O) groups is 2. The van der Waals surface area contributed by atoms with Gasteiger partial charge in [0.25, 0.3) is 5.56 Å². The average Bonchev–Trinajstić information content (AvgIpc) is 2.62. The number of thioether (sulfide) groups is 1. The van der Waals surface area contributed by atoms with Gasteiger partial charge in [-0.3, -0.25) is 19.5 Å². The molecule has 0 spiro atoms. The number of halogens is 1. The summed E-state index contributed by atoms with van der Waals surface area (Å²) in [6.45, 7) is 7.07. The van der Waals surface area contributed by atoms with Crippen LogP contribution in [0.3, 0.4) is 0 Å². The third-order valence-corrected chi connectivity index (χ3v) is 5.13. The van der Waals surface area contributed by atoms with Gasteiger partial charge >= 0.3 is 6.03 Å². The number of urea groups is 1. The summed E-state index contributed by atoms with van der Waals surface area (Å²) in [5.41, 5.74) is 0.317. The van der Waals surface area contributed by atoms with Crippen molar-refractivity contribution in [1.29, 1.82) is 0 Å². The van der Waals surface area contributed by atoms with Crippen molar-refractivity contribution >= 4 is 46.2 Å². The van der Waals surface area contributed by atoms with Gasteiger partial charge in [-0.15, -0.1) is 0 Å². The summed E-state index contributed by atoms with van der Waals surface area (Å²) in [4.78, 5) is 41.1. The number of hydrogen-bond donors (Lipinski definition) is 2. The van der Waals surface area contributed by atoms with Crippen LogP contribution >= 0.6 is 23.4 Å². The molecule has 0 aliphatic rings. The Labute approximate surface area is 173 Å². The monoisotopic (exact) mass is 424 g/mol. The molecule has 0 unspecified atom stereocenters. The summed E-state index contributed by atoms with van der Waals surface area (Å²) < 4.78 is 1.55. The number of carbonyl (C=O) groups excluding carboxylic acids is 2. The molecule has 0 saturated heterocycles. The molecule has 0 radical (unpaired) electrons. The first-order chi connectivity index (χ1) is 13.3. The van der Waals surface area contributed by atoms with Crippen molar-refractivity contribution in [3.63, 3.8) is 0 Å². The molecule has 9 heteroatoms. The minimum Gasteiger partial charge on any atom is -0.338 e. The largest absolute Gasteiger partial charge is 0.338 e. The fourth-order valence-corrected chi connectivity index (χ4v) is 3.51. The van der Waals surface area contributed by atoms with Crippen LogP contribution in [-0.2, 0) is 11.3 Å². The van der Waals surface area contributed by atoms with Crippen molar-refractivity contribution in [2.75, 3.05) is 12.3 Å². The van der Waals surface area contributed by atoms with E-state index in [1.165, 1.54) is 0 Å². The van der Waals surface area contributed by atoms with Gasteiger partial charge in [-0.1, -0.05) is 44.1 Å². The van der Waals surface area contributed by atoms with Gasteiger partial charge in [-0.25, -0.2) is 9.78 Å². The van der Waals surface area contributed by atoms with Gasteiger partial charge in [0.15, 0.2) is 5.16 Å². The van der Waals surface area contributed by atoms with E-state index in [1.807, 2.05) is 6.92 Å². The molecule has 0 aliphatic heterocycles. The number of benzene rings is 1. The Balaban J connectivity index is 2.08. The number of nitrogens with one attached hydrogen (secondary N) is 2. The minimum atomic E-state index is -0.518. The first-order valence-corrected chi connectivity index (χ1v) is 10.6. The third-order valence-electron chi connectivity index (χ3n) is 3.92. The Morgan fingerprint density at radius 1 is 1.32 bits per heavy atom. The Kier molecular flexibility index (Phi) is 8.32. The first kappa shape index (κ1) is 22.2. The minimum absolute atomic E-state index is 0.0279. The highest BCUT2D eigenvalue weighted by Gasteiger charge is 2.14. The zero-order valence-corrected chi connectivity index (χ0v) is 17.8. The number of imide groups is 1. The van der Waals surface area contributed by atoms with Crippen LogP contribution in [-0.4, -0.2) is 33.8 Å². The highest BCUT2D eigenvalue weighted by Crippen LogP contribution is 2.20. The zero-order chi connectivity index (χ0) is 20.7. The van der Waals surface area contributed by atoms with E-state index in [1.54, 1.807) is 22.8 Å². The molecule has 1 aromatic heterocycles. The molecule has 1 heterocycles. The number of fused-ring (bicyclic) bond motifs is 1. The molecule has 152 valence electrons. The molecule has 28 heavy (non-hydrogen) atoms. The van der Waals surface area contributed by atoms with Crippen LogP contribution in [0.1, 0.15) is 33.6 Å². The third kappa shape index (κ3) is 6.24. The van der Waals surface area contributed by atoms with E-state index >= 15 is 0 Å². The van der Waals surface area contributed by atoms with Crippen molar-refractivity contribution < 1.29 is 9.59 Å². The van der Waals surface area contributed by atoms with E-state index in [4.69, 9.17) is 11.6 Å². The molecule has 2 rings (SSSR count). The van der Waals surface area contributed by atoms with Gasteiger partial charge in [0, 0.05) is 18.1 Å². The quantitative estimate of drug-likeness (QED) is 0.500. The normalized spacial score (nSPS) is 11.0. The summed E-state index contributed by atoms with van der Waals surface area (Å²) in [7, 11) is 0. The van der Waals surface area contributed by atoms with Gasteiger partial charge in [0.1, 0.15) is 0 Å². The SMILES string of the molecule is CCCn1c(SCC(=O)NC(=O)NCCC(C)C)nc2cc(Cl)ccc2c1=O. The number of nitrogens with zero attached hydrogens (tertiary/aromatic N) is 2. The van der Waals surface area contributed by atoms with Crippen LogP contribution in [0.2, 0.25) is 5.02 Å². The topological polar surface area (TPSA) is 93.1 Å². The molecular formula is C19H25ClN4O3S. The van der Waals surface area contributed by atoms with E-state index < -0.39 is 11.9 Å². The molecule has 7 nitrogen and oxygen atoms in total. The smallest absolute Gasteiger partial charge is 0.321 e. The lowest BCUT2D eigenvalue weighted by molar-refractivity contribution is -0.117. The van der Waals surface area contributed by atoms with Crippen molar-refractivity contribution in [1.82, 2.24) is 20.2 Å². The molecule has 0 fully saturated rings. The van der Waals surface area contributed by atoms with Gasteiger partial charge < -0.3 is 5.32 Å². The van der Waals surface area contributed by atoms with Crippen molar-refractivity contribution in [2.45, 2.75) is 45.3 Å². The highest BCUT2D eigenvalue weighted by molar-refractivity contribution is 7.99. The van der Waals surface area contributed by atoms with Crippen LogP contribution in [0.5, 0.6) is 0 Å². The number of rotatable bonds is 8. The van der Waals surface area contributed by atoms with Gasteiger partial charge in [0.05, 0.1) is 16.7 Å². The van der Waals surface area contributed by atoms with Crippen molar-refractivity contribution in [2.24, 2.45) is 5.92 Å². The summed E-state index contributed by atoms with van der Waals surface area (Å²) in [5.74, 6) is -0.00955. The van der Waals surface area contributed by atoms with E-state index in [2.05, 4.69) is 29.5 Å². The predicted molar refractivity (Wildman–Crippen MR) is 113 cm³/mol. The molecule has 2 N–H and O–H groups in total. The lowest BCUT2D eigenvalue weighted by Gasteiger charge is -2.12.